The molecule has 35 heavy (non-hydrogen) atoms. The zero-order chi connectivity index (χ0) is 24.9. The van der Waals surface area contributed by atoms with Gasteiger partial charge < -0.3 is 30.5 Å². The van der Waals surface area contributed by atoms with Gasteiger partial charge in [0, 0.05) is 57.2 Å². The lowest BCUT2D eigenvalue weighted by atomic mass is 10.1. The molecular formula is C24H32N8O3. The highest BCUT2D eigenvalue weighted by atomic mass is 16.5. The number of anilines is 3. The number of benzene rings is 1. The first-order valence-electron chi connectivity index (χ1n) is 11.5. The largest absolute Gasteiger partial charge is 0.496 e. The van der Waals surface area contributed by atoms with E-state index in [1.54, 1.807) is 18.2 Å². The van der Waals surface area contributed by atoms with Crippen molar-refractivity contribution >= 4 is 34.7 Å². The zero-order valence-electron chi connectivity index (χ0n) is 20.6. The lowest BCUT2D eigenvalue weighted by Crippen LogP contribution is -2.40. The Labute approximate surface area is 205 Å². The molecule has 0 unspecified atom stereocenters. The van der Waals surface area contributed by atoms with E-state index in [0.717, 1.165) is 30.1 Å². The van der Waals surface area contributed by atoms with Gasteiger partial charge in [-0.25, -0.2) is 9.97 Å². The Hall–Kier alpha value is -3.70. The third-order valence-corrected chi connectivity index (χ3v) is 6.13. The van der Waals surface area contributed by atoms with E-state index in [-0.39, 0.29) is 11.8 Å². The quantitative estimate of drug-likeness (QED) is 0.553. The maximum atomic E-state index is 12.7. The highest BCUT2D eigenvalue weighted by molar-refractivity contribution is 6.32. The zero-order valence-corrected chi connectivity index (χ0v) is 20.6. The summed E-state index contributed by atoms with van der Waals surface area (Å²) >= 11 is 0. The Kier molecular flexibility index (Phi) is 7.47. The van der Waals surface area contributed by atoms with Crippen LogP contribution in [-0.4, -0.2) is 97.5 Å². The van der Waals surface area contributed by atoms with Crippen LogP contribution in [0.5, 0.6) is 5.75 Å². The Morgan fingerprint density at radius 2 is 1.77 bits per heavy atom. The van der Waals surface area contributed by atoms with Crippen LogP contribution in [0.2, 0.25) is 0 Å². The number of ether oxygens (including phenoxy) is 1. The van der Waals surface area contributed by atoms with Gasteiger partial charge >= 0.3 is 0 Å². The number of methoxy groups -OCH3 is 1. The third kappa shape index (κ3) is 5.69. The normalized spacial score (nSPS) is 19.8. The number of carbonyl (C=O) groups is 2. The lowest BCUT2D eigenvalue weighted by molar-refractivity contribution is -0.131. The summed E-state index contributed by atoms with van der Waals surface area (Å²) in [7, 11) is 7.38. The van der Waals surface area contributed by atoms with Crippen LogP contribution in [0.15, 0.2) is 30.7 Å². The molecule has 0 atom stereocenters. The second kappa shape index (κ2) is 10.7. The number of fused-ring (bicyclic) bond motifs is 2. The lowest BCUT2D eigenvalue weighted by Gasteiger charge is -2.25. The molecule has 186 valence electrons. The first-order chi connectivity index (χ1) is 16.9. The summed E-state index contributed by atoms with van der Waals surface area (Å²) in [6.07, 6.45) is 3.10. The molecule has 0 saturated heterocycles. The Balaban J connectivity index is 1.67. The fourth-order valence-electron chi connectivity index (χ4n) is 4.06. The molecule has 1 aromatic carbocycles. The van der Waals surface area contributed by atoms with Crippen LogP contribution in [0.1, 0.15) is 11.1 Å². The van der Waals surface area contributed by atoms with Crippen molar-refractivity contribution in [1.29, 1.82) is 0 Å². The SMILES string of the molecule is COc1ccc2cc1CN(C)CC(=O)N(C)CCN(C)CCNc1ncnc3c1/C(=C/N2)C(=O)N3. The Morgan fingerprint density at radius 3 is 2.57 bits per heavy atom. The summed E-state index contributed by atoms with van der Waals surface area (Å²) in [5.74, 6) is 1.62. The minimum Gasteiger partial charge on any atom is -0.496 e. The van der Waals surface area contributed by atoms with Gasteiger partial charge in [-0.2, -0.15) is 0 Å². The summed E-state index contributed by atoms with van der Waals surface area (Å²) in [4.78, 5) is 39.9. The molecule has 3 heterocycles. The van der Waals surface area contributed by atoms with Crippen molar-refractivity contribution in [2.45, 2.75) is 6.54 Å². The molecule has 2 amide bonds. The van der Waals surface area contributed by atoms with E-state index in [1.807, 2.05) is 44.2 Å². The molecule has 0 aliphatic carbocycles. The van der Waals surface area contributed by atoms with Crippen molar-refractivity contribution in [3.05, 3.63) is 41.9 Å². The number of rotatable bonds is 1. The van der Waals surface area contributed by atoms with E-state index in [9.17, 15) is 9.59 Å². The van der Waals surface area contributed by atoms with Crippen LogP contribution in [0.25, 0.3) is 5.57 Å². The van der Waals surface area contributed by atoms with Crippen molar-refractivity contribution < 1.29 is 14.3 Å². The maximum absolute atomic E-state index is 12.7. The highest BCUT2D eigenvalue weighted by Crippen LogP contribution is 2.34. The van der Waals surface area contributed by atoms with Crippen molar-refractivity contribution in [1.82, 2.24) is 24.7 Å². The number of aromatic nitrogens is 2. The molecule has 0 spiro atoms. The van der Waals surface area contributed by atoms with Gasteiger partial charge in [-0.3, -0.25) is 14.5 Å². The molecular weight excluding hydrogens is 448 g/mol. The monoisotopic (exact) mass is 480 g/mol. The molecule has 2 bridgehead atoms. The van der Waals surface area contributed by atoms with Crippen LogP contribution in [0.3, 0.4) is 0 Å². The molecule has 0 radical (unpaired) electrons. The summed E-state index contributed by atoms with van der Waals surface area (Å²) in [5.41, 5.74) is 2.81. The standard InChI is InChI=1S/C24H32N8O3/c1-30-8-7-25-22-21-18(24(34)29-23(21)28-15-27-22)12-26-17-5-6-19(35-4)16(11-17)13-31(2)14-20(33)32(3)10-9-30/h5-6,11-12,15,26H,7-10,13-14H2,1-4H3,(H2,25,27,28,29,34)/b18-12-. The van der Waals surface area contributed by atoms with Gasteiger partial charge in [0.05, 0.1) is 24.8 Å². The van der Waals surface area contributed by atoms with Crippen LogP contribution in [0, 0.1) is 0 Å². The van der Waals surface area contributed by atoms with Crippen LogP contribution >= 0.6 is 0 Å². The molecule has 11 nitrogen and oxygen atoms in total. The Morgan fingerprint density at radius 1 is 0.971 bits per heavy atom. The van der Waals surface area contributed by atoms with E-state index >= 15 is 0 Å². The number of nitrogens with one attached hydrogen (secondary N) is 3. The maximum Gasteiger partial charge on any atom is 0.259 e. The van der Waals surface area contributed by atoms with Gasteiger partial charge in [0.1, 0.15) is 23.7 Å². The summed E-state index contributed by atoms with van der Waals surface area (Å²) in [5, 5.41) is 9.37. The van der Waals surface area contributed by atoms with E-state index in [0.29, 0.717) is 49.0 Å². The number of likely N-dealkylation sites (N-methyl/N-ethyl adjacent to an activating group) is 3. The Bertz CT molecular complexity index is 1140. The van der Waals surface area contributed by atoms with Crippen LogP contribution in [-0.2, 0) is 16.1 Å². The molecule has 4 rings (SSSR count). The second-order valence-electron chi connectivity index (χ2n) is 8.85. The predicted octanol–water partition coefficient (Wildman–Crippen LogP) is 1.14. The molecule has 0 saturated carbocycles. The van der Waals surface area contributed by atoms with Crippen LogP contribution < -0.4 is 20.7 Å². The fourth-order valence-corrected chi connectivity index (χ4v) is 4.06. The molecule has 11 heteroatoms. The molecule has 3 N–H and O–H groups in total. The summed E-state index contributed by atoms with van der Waals surface area (Å²) in [6, 6.07) is 5.71. The third-order valence-electron chi connectivity index (χ3n) is 6.13. The molecule has 2 aromatic rings. The molecule has 1 aromatic heterocycles. The number of hydrogen-bond donors (Lipinski definition) is 3. The minimum atomic E-state index is -0.242. The van der Waals surface area contributed by atoms with Gasteiger partial charge in [0.25, 0.3) is 5.91 Å². The van der Waals surface area contributed by atoms with E-state index in [1.165, 1.54) is 6.33 Å². The predicted molar refractivity (Wildman–Crippen MR) is 135 cm³/mol. The van der Waals surface area contributed by atoms with Crippen LogP contribution in [0.4, 0.5) is 17.3 Å². The number of amides is 2. The topological polar surface area (TPSA) is 115 Å². The van der Waals surface area contributed by atoms with Crippen molar-refractivity contribution in [2.24, 2.45) is 0 Å². The molecule has 2 aliphatic rings. The van der Waals surface area contributed by atoms with E-state index < -0.39 is 0 Å². The van der Waals surface area contributed by atoms with E-state index in [4.69, 9.17) is 4.74 Å². The smallest absolute Gasteiger partial charge is 0.259 e. The first kappa shape index (κ1) is 24.4. The number of hydrogen-bond acceptors (Lipinski definition) is 9. The highest BCUT2D eigenvalue weighted by Gasteiger charge is 2.29. The number of carbonyl (C=O) groups excluding carboxylic acids is 2. The van der Waals surface area contributed by atoms with Crippen molar-refractivity contribution in [3.8, 4) is 5.75 Å². The minimum absolute atomic E-state index is 0.0593. The average Bonchev–Trinajstić information content (AvgIpc) is 3.16. The van der Waals surface area contributed by atoms with Crippen molar-refractivity contribution in [2.75, 3.05) is 76.9 Å². The van der Waals surface area contributed by atoms with Crippen molar-refractivity contribution in [3.63, 3.8) is 0 Å². The number of nitrogens with zero attached hydrogens (tertiary/aromatic N) is 5. The average molecular weight is 481 g/mol. The van der Waals surface area contributed by atoms with E-state index in [2.05, 4.69) is 30.8 Å². The molecule has 2 aliphatic heterocycles. The van der Waals surface area contributed by atoms with Gasteiger partial charge in [-0.15, -0.1) is 0 Å². The fraction of sp³-hybridized carbons (Fsp3) is 0.417. The summed E-state index contributed by atoms with van der Waals surface area (Å²) < 4.78 is 5.54. The summed E-state index contributed by atoms with van der Waals surface area (Å²) in [6.45, 7) is 3.55. The molecule has 0 fully saturated rings. The first-order valence-corrected chi connectivity index (χ1v) is 11.5. The van der Waals surface area contributed by atoms with Gasteiger partial charge in [-0.1, -0.05) is 0 Å². The van der Waals surface area contributed by atoms with Gasteiger partial charge in [-0.05, 0) is 32.3 Å². The second-order valence-corrected chi connectivity index (χ2v) is 8.85. The van der Waals surface area contributed by atoms with Gasteiger partial charge in [0.15, 0.2) is 0 Å². The van der Waals surface area contributed by atoms with Gasteiger partial charge in [0.2, 0.25) is 5.91 Å².